The lowest BCUT2D eigenvalue weighted by Gasteiger charge is -2.46. The fraction of sp³-hybridized carbons (Fsp3) is 0.550. The van der Waals surface area contributed by atoms with Crippen molar-refractivity contribution in [2.75, 3.05) is 76.0 Å². The Labute approximate surface area is 282 Å². The van der Waals surface area contributed by atoms with Gasteiger partial charge >= 0.3 is 0 Å². The summed E-state index contributed by atoms with van der Waals surface area (Å²) in [6.07, 6.45) is 5.70. The van der Waals surface area contributed by atoms with E-state index < -0.39 is 0 Å². The lowest BCUT2D eigenvalue weighted by molar-refractivity contribution is 0.295. The highest BCUT2D eigenvalue weighted by Crippen LogP contribution is 2.54. The zero-order valence-electron chi connectivity index (χ0n) is 29.3. The van der Waals surface area contributed by atoms with Crippen LogP contribution in [-0.2, 0) is 38.9 Å². The number of hydrogen-bond donors (Lipinski definition) is 3. The van der Waals surface area contributed by atoms with Crippen molar-refractivity contribution in [2.45, 2.75) is 89.3 Å². The van der Waals surface area contributed by atoms with Gasteiger partial charge in [0, 0.05) is 81.0 Å². The van der Waals surface area contributed by atoms with E-state index in [-0.39, 0.29) is 0 Å². The van der Waals surface area contributed by atoms with Gasteiger partial charge in [0.15, 0.2) is 0 Å². The largest absolute Gasteiger partial charge is 0.399 e. The SMILES string of the molecule is CC(C)c1cc(N)c(C2CC(c3cc(N)c(C4CN(c5cc(N)cc6c5CCN(C)C6)C4)c4c3CCN(C)C4)C2)c2c1CCN(C)C2. The summed E-state index contributed by atoms with van der Waals surface area (Å²) < 4.78 is 0. The Balaban J connectivity index is 1.06. The molecule has 0 radical (unpaired) electrons. The fourth-order valence-corrected chi connectivity index (χ4v) is 9.87. The van der Waals surface area contributed by atoms with Crippen LogP contribution in [0.15, 0.2) is 24.3 Å². The molecule has 0 unspecified atom stereocenters. The molecule has 0 spiro atoms. The van der Waals surface area contributed by atoms with E-state index >= 15 is 0 Å². The van der Waals surface area contributed by atoms with Crippen molar-refractivity contribution in [1.29, 1.82) is 0 Å². The third kappa shape index (κ3) is 5.30. The van der Waals surface area contributed by atoms with E-state index in [4.69, 9.17) is 17.2 Å². The molecule has 1 saturated carbocycles. The molecule has 1 saturated heterocycles. The van der Waals surface area contributed by atoms with Crippen LogP contribution in [0.4, 0.5) is 22.7 Å². The predicted molar refractivity (Wildman–Crippen MR) is 196 cm³/mol. The number of hydrogen-bond acceptors (Lipinski definition) is 7. The second-order valence-corrected chi connectivity index (χ2v) is 16.1. The van der Waals surface area contributed by atoms with E-state index in [1.54, 1.807) is 11.1 Å². The van der Waals surface area contributed by atoms with Gasteiger partial charge in [-0.2, -0.15) is 0 Å². The summed E-state index contributed by atoms with van der Waals surface area (Å²) in [6.45, 7) is 13.0. The Morgan fingerprint density at radius 3 is 1.87 bits per heavy atom. The van der Waals surface area contributed by atoms with Gasteiger partial charge in [-0.1, -0.05) is 13.8 Å². The first-order chi connectivity index (χ1) is 22.5. The molecule has 2 fully saturated rings. The first kappa shape index (κ1) is 31.0. The number of anilines is 4. The Hall–Kier alpha value is -3.26. The van der Waals surface area contributed by atoms with Crippen LogP contribution in [0.3, 0.4) is 0 Å². The molecule has 250 valence electrons. The van der Waals surface area contributed by atoms with Crippen molar-refractivity contribution in [1.82, 2.24) is 14.7 Å². The summed E-state index contributed by atoms with van der Waals surface area (Å²) in [7, 11) is 6.72. The average Bonchev–Trinajstić information content (AvgIpc) is 2.97. The monoisotopic (exact) mass is 633 g/mol. The summed E-state index contributed by atoms with van der Waals surface area (Å²) in [5.41, 5.74) is 39.7. The summed E-state index contributed by atoms with van der Waals surface area (Å²) in [4.78, 5) is 9.91. The molecular formula is C40H55N7. The molecule has 3 aromatic carbocycles. The predicted octanol–water partition coefficient (Wildman–Crippen LogP) is 5.79. The normalized spacial score (nSPS) is 23.7. The zero-order valence-corrected chi connectivity index (χ0v) is 29.3. The average molecular weight is 634 g/mol. The van der Waals surface area contributed by atoms with Crippen molar-refractivity contribution in [3.05, 3.63) is 79.9 Å². The standard InChI is InChI=1S/C40H55N7/c1-23(2)32-16-36(42)39(34-21-45(4)10-7-30(32)34)25-12-24(13-25)33-17-37(43)40(35-22-46(5)11-8-31(33)35)27-19-47(20-27)38-15-28(41)14-26-18-44(3)9-6-29(26)38/h14-17,23-25,27H,6-13,18-22,41-43H2,1-5H3. The molecule has 7 nitrogen and oxygen atoms in total. The van der Waals surface area contributed by atoms with E-state index in [9.17, 15) is 0 Å². The molecule has 0 atom stereocenters. The number of fused-ring (bicyclic) bond motifs is 3. The third-order valence-corrected chi connectivity index (χ3v) is 12.4. The quantitative estimate of drug-likeness (QED) is 0.307. The molecule has 1 aliphatic carbocycles. The van der Waals surface area contributed by atoms with Gasteiger partial charge in [0.05, 0.1) is 0 Å². The molecule has 47 heavy (non-hydrogen) atoms. The minimum absolute atomic E-state index is 0.463. The summed E-state index contributed by atoms with van der Waals surface area (Å²) in [5.74, 6) is 2.06. The first-order valence-corrected chi connectivity index (χ1v) is 18.2. The minimum atomic E-state index is 0.463. The number of nitrogens with zero attached hydrogens (tertiary/aromatic N) is 4. The van der Waals surface area contributed by atoms with Crippen molar-refractivity contribution in [3.8, 4) is 0 Å². The van der Waals surface area contributed by atoms with Gasteiger partial charge in [-0.05, 0) is 151 Å². The lowest BCUT2D eigenvalue weighted by atomic mass is 9.64. The van der Waals surface area contributed by atoms with E-state index in [1.807, 2.05) is 0 Å². The molecule has 0 aromatic heterocycles. The van der Waals surface area contributed by atoms with Crippen LogP contribution in [0.5, 0.6) is 0 Å². The Bertz CT molecular complexity index is 1710. The molecule has 8 rings (SSSR count). The van der Waals surface area contributed by atoms with Crippen LogP contribution >= 0.6 is 0 Å². The zero-order chi connectivity index (χ0) is 32.7. The third-order valence-electron chi connectivity index (χ3n) is 12.4. The summed E-state index contributed by atoms with van der Waals surface area (Å²) in [6, 6.07) is 9.11. The minimum Gasteiger partial charge on any atom is -0.399 e. The molecule has 0 bridgehead atoms. The van der Waals surface area contributed by atoms with Crippen LogP contribution in [0, 0.1) is 0 Å². The first-order valence-electron chi connectivity index (χ1n) is 18.2. The van der Waals surface area contributed by atoms with Gasteiger partial charge in [0.1, 0.15) is 0 Å². The highest BCUT2D eigenvalue weighted by Gasteiger charge is 2.40. The maximum absolute atomic E-state index is 7.09. The summed E-state index contributed by atoms with van der Waals surface area (Å²) >= 11 is 0. The van der Waals surface area contributed by atoms with Gasteiger partial charge in [-0.3, -0.25) is 0 Å². The number of rotatable bonds is 5. The second kappa shape index (κ2) is 11.7. The van der Waals surface area contributed by atoms with Crippen molar-refractivity contribution < 1.29 is 0 Å². The van der Waals surface area contributed by atoms with E-state index in [0.29, 0.717) is 23.7 Å². The number of benzene rings is 3. The molecule has 6 N–H and O–H groups in total. The molecule has 3 aromatic rings. The van der Waals surface area contributed by atoms with Gasteiger partial charge < -0.3 is 36.8 Å². The van der Waals surface area contributed by atoms with Crippen molar-refractivity contribution in [3.63, 3.8) is 0 Å². The number of likely N-dealkylation sites (N-methyl/N-ethyl adjacent to an activating group) is 3. The Kier molecular flexibility index (Phi) is 7.73. The Morgan fingerprint density at radius 2 is 1.19 bits per heavy atom. The van der Waals surface area contributed by atoms with Crippen LogP contribution in [-0.4, -0.2) is 68.6 Å². The molecule has 4 aliphatic heterocycles. The Morgan fingerprint density at radius 1 is 0.617 bits per heavy atom. The molecule has 5 aliphatic rings. The lowest BCUT2D eigenvalue weighted by Crippen LogP contribution is -2.47. The highest BCUT2D eigenvalue weighted by molar-refractivity contribution is 5.69. The van der Waals surface area contributed by atoms with E-state index in [1.165, 1.54) is 63.0 Å². The molecule has 0 amide bonds. The van der Waals surface area contributed by atoms with Gasteiger partial charge in [0.2, 0.25) is 0 Å². The maximum Gasteiger partial charge on any atom is 0.0423 e. The highest BCUT2D eigenvalue weighted by atomic mass is 15.2. The number of nitrogen functional groups attached to an aromatic ring is 3. The van der Waals surface area contributed by atoms with Crippen LogP contribution in [0.2, 0.25) is 0 Å². The maximum atomic E-state index is 7.09. The summed E-state index contributed by atoms with van der Waals surface area (Å²) in [5, 5.41) is 0. The van der Waals surface area contributed by atoms with E-state index in [2.05, 4.69) is 78.9 Å². The van der Waals surface area contributed by atoms with Crippen molar-refractivity contribution >= 4 is 22.7 Å². The molecular weight excluding hydrogens is 578 g/mol. The smallest absolute Gasteiger partial charge is 0.0423 e. The van der Waals surface area contributed by atoms with Crippen LogP contribution in [0.25, 0.3) is 0 Å². The fourth-order valence-electron chi connectivity index (χ4n) is 9.87. The van der Waals surface area contributed by atoms with Crippen LogP contribution < -0.4 is 22.1 Å². The van der Waals surface area contributed by atoms with Crippen LogP contribution in [0.1, 0.15) is 106 Å². The number of nitrogens with two attached hydrogens (primary N) is 3. The van der Waals surface area contributed by atoms with Gasteiger partial charge in [-0.15, -0.1) is 0 Å². The molecule has 7 heteroatoms. The molecule has 4 heterocycles. The topological polar surface area (TPSA) is 91.0 Å². The van der Waals surface area contributed by atoms with E-state index in [0.717, 1.165) is 88.7 Å². The second-order valence-electron chi connectivity index (χ2n) is 16.1. The van der Waals surface area contributed by atoms with Crippen molar-refractivity contribution in [2.24, 2.45) is 0 Å². The van der Waals surface area contributed by atoms with Gasteiger partial charge in [0.25, 0.3) is 0 Å². The van der Waals surface area contributed by atoms with Gasteiger partial charge in [-0.25, -0.2) is 0 Å².